The number of anilines is 1. The minimum atomic E-state index is 0.0860. The van der Waals surface area contributed by atoms with Crippen molar-refractivity contribution in [1.29, 1.82) is 0 Å². The minimum Gasteiger partial charge on any atom is -0.379 e. The van der Waals surface area contributed by atoms with Gasteiger partial charge in [0.25, 0.3) is 0 Å². The van der Waals surface area contributed by atoms with Gasteiger partial charge in [-0.05, 0) is 25.5 Å². The highest BCUT2D eigenvalue weighted by Gasteiger charge is 2.30. The normalized spacial score (nSPS) is 24.1. The van der Waals surface area contributed by atoms with E-state index in [0.29, 0.717) is 6.04 Å². The average molecular weight is 275 g/mol. The van der Waals surface area contributed by atoms with Crippen LogP contribution >= 0.6 is 0 Å². The van der Waals surface area contributed by atoms with E-state index in [2.05, 4.69) is 14.8 Å². The lowest BCUT2D eigenvalue weighted by Crippen LogP contribution is -2.44. The topological polar surface area (TPSA) is 45.7 Å². The van der Waals surface area contributed by atoms with E-state index >= 15 is 0 Å². The Labute approximate surface area is 119 Å². The first kappa shape index (κ1) is 13.5. The van der Waals surface area contributed by atoms with Crippen molar-refractivity contribution < 1.29 is 9.53 Å². The van der Waals surface area contributed by atoms with Gasteiger partial charge in [0.2, 0.25) is 0 Å². The molecule has 1 atom stereocenters. The van der Waals surface area contributed by atoms with Crippen LogP contribution in [0.1, 0.15) is 23.7 Å². The van der Waals surface area contributed by atoms with Crippen molar-refractivity contribution in [3.05, 3.63) is 23.9 Å². The smallest absolute Gasteiger partial charge is 0.163 e. The molecular formula is C15H21N3O2. The second kappa shape index (κ2) is 5.89. The van der Waals surface area contributed by atoms with E-state index in [1.165, 1.54) is 0 Å². The standard InChI is InChI=1S/C15H21N3O2/c1-12(19)14-3-2-5-16-15(14)18-6-4-13(11-18)17-7-9-20-10-8-17/h2-3,5,13H,4,6-11H2,1H3. The fraction of sp³-hybridized carbons (Fsp3) is 0.600. The lowest BCUT2D eigenvalue weighted by atomic mass is 10.2. The average Bonchev–Trinajstić information content (AvgIpc) is 2.98. The molecule has 2 fully saturated rings. The van der Waals surface area contributed by atoms with Gasteiger partial charge in [0, 0.05) is 38.4 Å². The van der Waals surface area contributed by atoms with E-state index in [1.54, 1.807) is 13.1 Å². The molecule has 2 aliphatic rings. The van der Waals surface area contributed by atoms with Crippen molar-refractivity contribution in [2.24, 2.45) is 0 Å². The molecule has 5 nitrogen and oxygen atoms in total. The Morgan fingerprint density at radius 1 is 1.35 bits per heavy atom. The number of pyridine rings is 1. The van der Waals surface area contributed by atoms with Gasteiger partial charge in [0.15, 0.2) is 5.78 Å². The summed E-state index contributed by atoms with van der Waals surface area (Å²) >= 11 is 0. The van der Waals surface area contributed by atoms with Gasteiger partial charge in [-0.2, -0.15) is 0 Å². The summed E-state index contributed by atoms with van der Waals surface area (Å²) in [5.74, 6) is 0.929. The highest BCUT2D eigenvalue weighted by Crippen LogP contribution is 2.25. The van der Waals surface area contributed by atoms with Crippen LogP contribution in [-0.4, -0.2) is 61.1 Å². The van der Waals surface area contributed by atoms with Gasteiger partial charge in [-0.15, -0.1) is 0 Å². The number of ether oxygens (including phenoxy) is 1. The van der Waals surface area contributed by atoms with Crippen molar-refractivity contribution >= 4 is 11.6 Å². The van der Waals surface area contributed by atoms with Crippen molar-refractivity contribution in [2.75, 3.05) is 44.3 Å². The Balaban J connectivity index is 1.72. The number of morpholine rings is 1. The second-order valence-electron chi connectivity index (χ2n) is 5.47. The molecule has 2 aliphatic heterocycles. The van der Waals surface area contributed by atoms with Gasteiger partial charge in [0.05, 0.1) is 18.8 Å². The highest BCUT2D eigenvalue weighted by atomic mass is 16.5. The molecule has 0 saturated carbocycles. The number of rotatable bonds is 3. The fourth-order valence-electron chi connectivity index (χ4n) is 3.10. The molecule has 108 valence electrons. The monoisotopic (exact) mass is 275 g/mol. The highest BCUT2D eigenvalue weighted by molar-refractivity contribution is 5.98. The first-order valence-corrected chi connectivity index (χ1v) is 7.28. The number of Topliss-reactive ketones (excluding diaryl/α,β-unsaturated/α-hetero) is 1. The van der Waals surface area contributed by atoms with Gasteiger partial charge in [0.1, 0.15) is 5.82 Å². The van der Waals surface area contributed by atoms with Crippen LogP contribution in [0.25, 0.3) is 0 Å². The molecule has 0 aliphatic carbocycles. The van der Waals surface area contributed by atoms with Gasteiger partial charge < -0.3 is 9.64 Å². The Bertz CT molecular complexity index is 486. The number of carbonyl (C=O) groups is 1. The molecular weight excluding hydrogens is 254 g/mol. The van der Waals surface area contributed by atoms with E-state index in [-0.39, 0.29) is 5.78 Å². The molecule has 0 N–H and O–H groups in total. The quantitative estimate of drug-likeness (QED) is 0.776. The summed E-state index contributed by atoms with van der Waals surface area (Å²) in [5.41, 5.74) is 0.732. The van der Waals surface area contributed by atoms with E-state index < -0.39 is 0 Å². The summed E-state index contributed by atoms with van der Waals surface area (Å²) < 4.78 is 5.41. The lowest BCUT2D eigenvalue weighted by molar-refractivity contribution is 0.0209. The third-order valence-electron chi connectivity index (χ3n) is 4.19. The number of carbonyl (C=O) groups excluding carboxylic acids is 1. The molecule has 0 radical (unpaired) electrons. The zero-order valence-corrected chi connectivity index (χ0v) is 11.9. The van der Waals surface area contributed by atoms with Crippen LogP contribution in [0.4, 0.5) is 5.82 Å². The second-order valence-corrected chi connectivity index (χ2v) is 5.47. The molecule has 1 aromatic rings. The zero-order chi connectivity index (χ0) is 13.9. The Morgan fingerprint density at radius 2 is 2.15 bits per heavy atom. The summed E-state index contributed by atoms with van der Waals surface area (Å²) in [7, 11) is 0. The summed E-state index contributed by atoms with van der Waals surface area (Å²) in [5, 5.41) is 0. The maximum absolute atomic E-state index is 11.7. The SMILES string of the molecule is CC(=O)c1cccnc1N1CCC(N2CCOCC2)C1. The third kappa shape index (κ3) is 2.69. The molecule has 3 rings (SSSR count). The Hall–Kier alpha value is -1.46. The van der Waals surface area contributed by atoms with Gasteiger partial charge in [-0.1, -0.05) is 0 Å². The minimum absolute atomic E-state index is 0.0860. The van der Waals surface area contributed by atoms with Gasteiger partial charge in [-0.3, -0.25) is 9.69 Å². The number of hydrogen-bond donors (Lipinski definition) is 0. The van der Waals surface area contributed by atoms with E-state index in [9.17, 15) is 4.79 Å². The predicted molar refractivity (Wildman–Crippen MR) is 77.3 cm³/mol. The van der Waals surface area contributed by atoms with Crippen LogP contribution in [0.3, 0.4) is 0 Å². The molecule has 0 aromatic carbocycles. The largest absolute Gasteiger partial charge is 0.379 e. The number of ketones is 1. The Morgan fingerprint density at radius 3 is 2.90 bits per heavy atom. The number of hydrogen-bond acceptors (Lipinski definition) is 5. The van der Waals surface area contributed by atoms with E-state index in [0.717, 1.165) is 57.2 Å². The van der Waals surface area contributed by atoms with Gasteiger partial charge in [-0.25, -0.2) is 4.98 Å². The molecule has 5 heteroatoms. The number of aromatic nitrogens is 1. The van der Waals surface area contributed by atoms with Crippen LogP contribution in [0.2, 0.25) is 0 Å². The molecule has 2 saturated heterocycles. The molecule has 0 spiro atoms. The lowest BCUT2D eigenvalue weighted by Gasteiger charge is -2.32. The molecule has 0 amide bonds. The molecule has 0 bridgehead atoms. The summed E-state index contributed by atoms with van der Waals surface area (Å²) in [4.78, 5) is 20.9. The fourth-order valence-corrected chi connectivity index (χ4v) is 3.10. The molecule has 1 aromatic heterocycles. The Kier molecular flexibility index (Phi) is 3.98. The first-order valence-electron chi connectivity index (χ1n) is 7.28. The van der Waals surface area contributed by atoms with Crippen LogP contribution in [-0.2, 0) is 4.74 Å². The molecule has 3 heterocycles. The van der Waals surface area contributed by atoms with Gasteiger partial charge >= 0.3 is 0 Å². The third-order valence-corrected chi connectivity index (χ3v) is 4.19. The number of nitrogens with zero attached hydrogens (tertiary/aromatic N) is 3. The maximum atomic E-state index is 11.7. The summed E-state index contributed by atoms with van der Waals surface area (Å²) in [6.45, 7) is 7.23. The van der Waals surface area contributed by atoms with Crippen molar-refractivity contribution in [1.82, 2.24) is 9.88 Å². The summed E-state index contributed by atoms with van der Waals surface area (Å²) in [6, 6.07) is 4.25. The molecule has 20 heavy (non-hydrogen) atoms. The van der Waals surface area contributed by atoms with Crippen LogP contribution < -0.4 is 4.90 Å². The maximum Gasteiger partial charge on any atom is 0.163 e. The summed E-state index contributed by atoms with van der Waals surface area (Å²) in [6.07, 6.45) is 2.90. The van der Waals surface area contributed by atoms with E-state index in [4.69, 9.17) is 4.74 Å². The van der Waals surface area contributed by atoms with Crippen molar-refractivity contribution in [2.45, 2.75) is 19.4 Å². The van der Waals surface area contributed by atoms with Crippen molar-refractivity contribution in [3.8, 4) is 0 Å². The van der Waals surface area contributed by atoms with E-state index in [1.807, 2.05) is 12.1 Å². The van der Waals surface area contributed by atoms with Crippen molar-refractivity contribution in [3.63, 3.8) is 0 Å². The van der Waals surface area contributed by atoms with Crippen LogP contribution in [0, 0.1) is 0 Å². The zero-order valence-electron chi connectivity index (χ0n) is 11.9. The predicted octanol–water partition coefficient (Wildman–Crippen LogP) is 1.20. The van der Waals surface area contributed by atoms with Crippen LogP contribution in [0.15, 0.2) is 18.3 Å². The first-order chi connectivity index (χ1) is 9.75. The van der Waals surface area contributed by atoms with Crippen LogP contribution in [0.5, 0.6) is 0 Å². The molecule has 1 unspecified atom stereocenters.